The number of nitrogen functional groups attached to an aromatic ring is 1. The van der Waals surface area contributed by atoms with E-state index < -0.39 is 29.9 Å². The van der Waals surface area contributed by atoms with Crippen LogP contribution in [0.25, 0.3) is 0 Å². The van der Waals surface area contributed by atoms with E-state index in [2.05, 4.69) is 22.0 Å². The number of thiazole rings is 1. The number of carboxylic acids is 1. The van der Waals surface area contributed by atoms with Crippen LogP contribution in [0.4, 0.5) is 5.13 Å². The molecule has 2 amide bonds. The Morgan fingerprint density at radius 1 is 1.41 bits per heavy atom. The van der Waals surface area contributed by atoms with Crippen LogP contribution in [0, 0.1) is 0 Å². The molecule has 1 fully saturated rings. The summed E-state index contributed by atoms with van der Waals surface area (Å²) in [7, 11) is 0. The molecule has 2 aromatic heterocycles. The second kappa shape index (κ2) is 10.1. The number of carbonyl (C=O) groups excluding carboxylic acids is 2. The average molecular weight is 502 g/mol. The number of aromatic nitrogens is 2. The third-order valence-corrected chi connectivity index (χ3v) is 6.93. The number of anilines is 1. The van der Waals surface area contributed by atoms with Gasteiger partial charge in [0.1, 0.15) is 24.0 Å². The molecule has 0 aromatic carbocycles. The third kappa shape index (κ3) is 4.65. The van der Waals surface area contributed by atoms with E-state index in [0.29, 0.717) is 17.2 Å². The van der Waals surface area contributed by atoms with Crippen LogP contribution in [0.1, 0.15) is 5.69 Å². The van der Waals surface area contributed by atoms with Gasteiger partial charge >= 0.3 is 5.97 Å². The number of rotatable bonds is 9. The third-order valence-electron chi connectivity index (χ3n) is 5.07. The molecular formula is C21H21N6O5S2+. The lowest BCUT2D eigenvalue weighted by molar-refractivity contribution is -0.687. The van der Waals surface area contributed by atoms with Crippen molar-refractivity contribution in [3.8, 4) is 0 Å². The van der Waals surface area contributed by atoms with Gasteiger partial charge in [0.15, 0.2) is 29.8 Å². The molecule has 2 aliphatic heterocycles. The molecule has 11 nitrogen and oxygen atoms in total. The van der Waals surface area contributed by atoms with Gasteiger partial charge in [-0.15, -0.1) is 23.1 Å². The maximum absolute atomic E-state index is 13.0. The number of nitrogens with two attached hydrogens (primary N) is 1. The minimum atomic E-state index is -1.19. The number of allylic oxidation sites excluding steroid dienone is 1. The smallest absolute Gasteiger partial charge is 0.353 e. The van der Waals surface area contributed by atoms with Crippen molar-refractivity contribution >= 4 is 51.7 Å². The largest absolute Gasteiger partial charge is 0.477 e. The van der Waals surface area contributed by atoms with E-state index in [1.807, 2.05) is 35.2 Å². The van der Waals surface area contributed by atoms with E-state index >= 15 is 0 Å². The van der Waals surface area contributed by atoms with Gasteiger partial charge < -0.3 is 21.0 Å². The number of pyridine rings is 1. The summed E-state index contributed by atoms with van der Waals surface area (Å²) in [6.45, 7) is 3.92. The van der Waals surface area contributed by atoms with Crippen LogP contribution >= 0.6 is 23.1 Å². The number of hydrogen-bond donors (Lipinski definition) is 3. The summed E-state index contributed by atoms with van der Waals surface area (Å²) in [6, 6.07) is 4.13. The summed E-state index contributed by atoms with van der Waals surface area (Å²) in [5, 5.41) is 18.1. The Morgan fingerprint density at radius 2 is 2.18 bits per heavy atom. The molecule has 4 N–H and O–H groups in total. The normalized spacial score (nSPS) is 19.8. The van der Waals surface area contributed by atoms with E-state index in [1.54, 1.807) is 5.38 Å². The lowest BCUT2D eigenvalue weighted by atomic mass is 9.94. The van der Waals surface area contributed by atoms with E-state index in [4.69, 9.17) is 10.6 Å². The van der Waals surface area contributed by atoms with Crippen LogP contribution in [0.3, 0.4) is 0 Å². The number of oxime groups is 1. The van der Waals surface area contributed by atoms with E-state index in [-0.39, 0.29) is 28.8 Å². The maximum Gasteiger partial charge on any atom is 0.353 e. The molecule has 0 bridgehead atoms. The average Bonchev–Trinajstić information content (AvgIpc) is 3.26. The van der Waals surface area contributed by atoms with Gasteiger partial charge in [-0.1, -0.05) is 23.9 Å². The lowest BCUT2D eigenvalue weighted by Crippen LogP contribution is -2.73. The summed E-state index contributed by atoms with van der Waals surface area (Å²) < 4.78 is 1.83. The number of β-lactam (4-membered cyclic amide) rings is 1. The fraction of sp³-hybridized carbons (Fsp3) is 0.238. The van der Waals surface area contributed by atoms with Gasteiger partial charge in [0.25, 0.3) is 11.8 Å². The second-order valence-electron chi connectivity index (χ2n) is 7.26. The number of thioether (sulfide) groups is 1. The van der Waals surface area contributed by atoms with Crippen LogP contribution in [-0.2, 0) is 25.8 Å². The van der Waals surface area contributed by atoms with Crippen molar-refractivity contribution in [3.63, 3.8) is 0 Å². The predicted octanol–water partition coefficient (Wildman–Crippen LogP) is 0.358. The number of aliphatic carboxylic acids is 1. The van der Waals surface area contributed by atoms with Gasteiger partial charge in [0.05, 0.1) is 10.9 Å². The van der Waals surface area contributed by atoms with Crippen LogP contribution in [0.2, 0.25) is 0 Å². The molecule has 2 atom stereocenters. The van der Waals surface area contributed by atoms with Gasteiger partial charge in [-0.2, -0.15) is 0 Å². The molecule has 176 valence electrons. The molecule has 0 radical (unpaired) electrons. The molecule has 2 aliphatic rings. The minimum Gasteiger partial charge on any atom is -0.477 e. The zero-order chi connectivity index (χ0) is 24.2. The highest BCUT2D eigenvalue weighted by atomic mass is 32.2. The van der Waals surface area contributed by atoms with Crippen LogP contribution < -0.4 is 15.6 Å². The molecule has 2 unspecified atom stereocenters. The van der Waals surface area contributed by atoms with Crippen molar-refractivity contribution < 1.29 is 28.9 Å². The Morgan fingerprint density at radius 3 is 2.82 bits per heavy atom. The summed E-state index contributed by atoms with van der Waals surface area (Å²) in [5.41, 5.74) is 5.67. The van der Waals surface area contributed by atoms with E-state index in [9.17, 15) is 19.5 Å². The van der Waals surface area contributed by atoms with Crippen molar-refractivity contribution in [1.82, 2.24) is 15.2 Å². The number of nitrogens with zero attached hydrogens (tertiary/aromatic N) is 4. The molecule has 0 aliphatic carbocycles. The van der Waals surface area contributed by atoms with Crippen molar-refractivity contribution in [2.24, 2.45) is 5.16 Å². The first kappa shape index (κ1) is 23.4. The molecule has 34 heavy (non-hydrogen) atoms. The number of carboxylic acid groups (broad SMARTS) is 1. The van der Waals surface area contributed by atoms with Gasteiger partial charge in [-0.25, -0.2) is 14.3 Å². The fourth-order valence-corrected chi connectivity index (χ4v) is 5.38. The second-order valence-corrected chi connectivity index (χ2v) is 9.26. The fourth-order valence-electron chi connectivity index (χ4n) is 3.55. The first-order chi connectivity index (χ1) is 16.4. The zero-order valence-electron chi connectivity index (χ0n) is 17.8. The highest BCUT2D eigenvalue weighted by Crippen LogP contribution is 2.39. The summed E-state index contributed by atoms with van der Waals surface area (Å²) in [6.07, 6.45) is 5.10. The van der Waals surface area contributed by atoms with Gasteiger partial charge in [0, 0.05) is 23.3 Å². The van der Waals surface area contributed by atoms with Crippen LogP contribution in [0.5, 0.6) is 0 Å². The maximum atomic E-state index is 13.0. The molecule has 4 rings (SSSR count). The first-order valence-electron chi connectivity index (χ1n) is 10.1. The number of hydrogen-bond acceptors (Lipinski definition) is 9. The Kier molecular flexibility index (Phi) is 6.93. The minimum absolute atomic E-state index is 0.0661. The van der Waals surface area contributed by atoms with E-state index in [1.165, 1.54) is 22.7 Å². The Bertz CT molecular complexity index is 1200. The van der Waals surface area contributed by atoms with Crippen molar-refractivity contribution in [1.29, 1.82) is 0 Å². The summed E-state index contributed by atoms with van der Waals surface area (Å²) in [4.78, 5) is 48.9. The highest BCUT2D eigenvalue weighted by molar-refractivity contribution is 8.03. The lowest BCUT2D eigenvalue weighted by Gasteiger charge is -2.49. The SMILES string of the molecule is C=CCON=C(C(=O)NC1C(=O)N2C(C(=O)O)=C(C[n+]3ccccc3)SCC12)c1csc(N)n1. The van der Waals surface area contributed by atoms with Crippen molar-refractivity contribution in [2.75, 3.05) is 18.1 Å². The van der Waals surface area contributed by atoms with Crippen molar-refractivity contribution in [3.05, 3.63) is 64.9 Å². The molecule has 0 spiro atoms. The molecule has 13 heteroatoms. The monoisotopic (exact) mass is 501 g/mol. The van der Waals surface area contributed by atoms with Crippen LogP contribution in [-0.4, -0.2) is 62.9 Å². The molecular weight excluding hydrogens is 480 g/mol. The van der Waals surface area contributed by atoms with Gasteiger partial charge in [0.2, 0.25) is 0 Å². The van der Waals surface area contributed by atoms with E-state index in [0.717, 1.165) is 11.3 Å². The Balaban J connectivity index is 1.53. The molecule has 1 saturated heterocycles. The number of nitrogens with one attached hydrogen (secondary N) is 1. The first-order valence-corrected chi connectivity index (χ1v) is 12.0. The summed E-state index contributed by atoms with van der Waals surface area (Å²) in [5.74, 6) is -1.95. The van der Waals surface area contributed by atoms with Gasteiger partial charge in [-0.05, 0) is 0 Å². The molecule has 0 saturated carbocycles. The van der Waals surface area contributed by atoms with Crippen molar-refractivity contribution in [2.45, 2.75) is 18.6 Å². The standard InChI is InChI=1S/C21H20N6O5S2/c1-2-8-32-25-15(12-10-34-21(22)23-12)18(28)24-16-13-11-33-14(9-26-6-4-3-5-7-26)17(20(30)31)27(13)19(16)29/h2-7,10,13,16H,1,8-9,11H2,(H3-,22,23,24,28,30,31)/p+1. The zero-order valence-corrected chi connectivity index (χ0v) is 19.4. The number of amides is 2. The number of fused-ring (bicyclic) bond motifs is 1. The predicted molar refractivity (Wildman–Crippen MR) is 126 cm³/mol. The molecule has 4 heterocycles. The van der Waals surface area contributed by atoms with Gasteiger partial charge in [-0.3, -0.25) is 14.5 Å². The topological polar surface area (TPSA) is 151 Å². The summed E-state index contributed by atoms with van der Waals surface area (Å²) >= 11 is 2.48. The number of carbonyl (C=O) groups is 3. The van der Waals surface area contributed by atoms with Crippen LogP contribution in [0.15, 0.2) is 64.4 Å². The highest BCUT2D eigenvalue weighted by Gasteiger charge is 2.54. The Hall–Kier alpha value is -3.71. The Labute approximate surface area is 202 Å². The quantitative estimate of drug-likeness (QED) is 0.111. The molecule has 2 aromatic rings.